The van der Waals surface area contributed by atoms with E-state index in [1.54, 1.807) is 6.26 Å². The molecule has 1 aliphatic heterocycles. The Morgan fingerprint density at radius 3 is 2.52 bits per heavy atom. The largest absolute Gasteiger partial charge is 0.462 e. The molecule has 0 radical (unpaired) electrons. The first-order chi connectivity index (χ1) is 13.1. The van der Waals surface area contributed by atoms with Gasteiger partial charge in [-0.05, 0) is 31.9 Å². The van der Waals surface area contributed by atoms with Crippen LogP contribution in [0.4, 0.5) is 0 Å². The first kappa shape index (κ1) is 17.7. The molecule has 0 N–H and O–H groups in total. The summed E-state index contributed by atoms with van der Waals surface area (Å²) in [7, 11) is 0. The zero-order valence-electron chi connectivity index (χ0n) is 15.1. The molecule has 4 rings (SSSR count). The van der Waals surface area contributed by atoms with Crippen molar-refractivity contribution in [1.29, 1.82) is 0 Å². The topological polar surface area (TPSA) is 63.4 Å². The van der Waals surface area contributed by atoms with Gasteiger partial charge in [-0.2, -0.15) is 0 Å². The Kier molecular flexibility index (Phi) is 4.90. The average Bonchev–Trinajstić information content (AvgIpc) is 3.37. The van der Waals surface area contributed by atoms with Gasteiger partial charge < -0.3 is 9.32 Å². The fourth-order valence-corrected chi connectivity index (χ4v) is 4.31. The molecule has 27 heavy (non-hydrogen) atoms. The van der Waals surface area contributed by atoms with Crippen LogP contribution in [0.2, 0.25) is 0 Å². The highest BCUT2D eigenvalue weighted by atomic mass is 32.1. The lowest BCUT2D eigenvalue weighted by molar-refractivity contribution is 0.0645. The minimum atomic E-state index is -0.0628. The highest BCUT2D eigenvalue weighted by molar-refractivity contribution is 7.15. The summed E-state index contributed by atoms with van der Waals surface area (Å²) in [5, 5.41) is 0.718. The minimum absolute atomic E-state index is 0.0216. The summed E-state index contributed by atoms with van der Waals surface area (Å²) in [5.41, 5.74) is 1.24. The Labute approximate surface area is 161 Å². The number of rotatable bonds is 4. The lowest BCUT2D eigenvalue weighted by Crippen LogP contribution is -2.40. The van der Waals surface area contributed by atoms with Crippen LogP contribution in [0.3, 0.4) is 0 Å². The number of Topliss-reactive ketones (excluding diaryl/α,β-unsaturated/α-hetero) is 1. The summed E-state index contributed by atoms with van der Waals surface area (Å²) in [6, 6.07) is 13.0. The molecule has 0 spiro atoms. The molecule has 5 nitrogen and oxygen atoms in total. The van der Waals surface area contributed by atoms with Crippen molar-refractivity contribution in [3.63, 3.8) is 0 Å². The second-order valence-corrected chi connectivity index (χ2v) is 7.90. The van der Waals surface area contributed by atoms with E-state index < -0.39 is 0 Å². The van der Waals surface area contributed by atoms with E-state index >= 15 is 0 Å². The summed E-state index contributed by atoms with van der Waals surface area (Å²) in [4.78, 5) is 32.7. The SMILES string of the molecule is Cc1sc(-c2ccco2)nc1C(=O)N1CCC(C(=O)c2ccccc2)CC1. The smallest absolute Gasteiger partial charge is 0.273 e. The number of nitrogens with zero attached hydrogens (tertiary/aromatic N) is 2. The number of piperidine rings is 1. The molecule has 3 heterocycles. The van der Waals surface area contributed by atoms with Gasteiger partial charge in [-0.15, -0.1) is 11.3 Å². The maximum atomic E-state index is 12.9. The first-order valence-corrected chi connectivity index (χ1v) is 9.85. The van der Waals surface area contributed by atoms with Gasteiger partial charge in [-0.3, -0.25) is 9.59 Å². The number of hydrogen-bond acceptors (Lipinski definition) is 5. The second kappa shape index (κ2) is 7.48. The maximum Gasteiger partial charge on any atom is 0.273 e. The number of hydrogen-bond donors (Lipinski definition) is 0. The fourth-order valence-electron chi connectivity index (χ4n) is 3.43. The van der Waals surface area contributed by atoms with Gasteiger partial charge in [0.2, 0.25) is 0 Å². The Balaban J connectivity index is 1.43. The molecular formula is C21H20N2O3S. The number of benzene rings is 1. The summed E-state index contributed by atoms with van der Waals surface area (Å²) >= 11 is 1.46. The van der Waals surface area contributed by atoms with E-state index in [9.17, 15) is 9.59 Å². The molecule has 0 aliphatic carbocycles. The Morgan fingerprint density at radius 1 is 1.11 bits per heavy atom. The van der Waals surface area contributed by atoms with Crippen LogP contribution in [0.25, 0.3) is 10.8 Å². The molecule has 1 amide bonds. The van der Waals surface area contributed by atoms with Crippen molar-refractivity contribution in [3.8, 4) is 10.8 Å². The second-order valence-electron chi connectivity index (χ2n) is 6.70. The lowest BCUT2D eigenvalue weighted by Gasteiger charge is -2.31. The molecule has 2 aromatic heterocycles. The molecule has 138 valence electrons. The number of likely N-dealkylation sites (tertiary alicyclic amines) is 1. The van der Waals surface area contributed by atoms with E-state index in [4.69, 9.17) is 4.42 Å². The average molecular weight is 380 g/mol. The standard InChI is InChI=1S/C21H20N2O3S/c1-14-18(22-20(27-14)17-8-5-13-26-17)21(25)23-11-9-16(10-12-23)19(24)15-6-3-2-4-7-15/h2-8,13,16H,9-12H2,1H3. The Morgan fingerprint density at radius 2 is 1.85 bits per heavy atom. The number of aromatic nitrogens is 1. The third-order valence-electron chi connectivity index (χ3n) is 4.94. The van der Waals surface area contributed by atoms with Gasteiger partial charge in [0.25, 0.3) is 5.91 Å². The summed E-state index contributed by atoms with van der Waals surface area (Å²) in [6.07, 6.45) is 2.98. The van der Waals surface area contributed by atoms with Gasteiger partial charge in [-0.25, -0.2) is 4.98 Å². The van der Waals surface area contributed by atoms with Crippen molar-refractivity contribution >= 4 is 23.0 Å². The minimum Gasteiger partial charge on any atom is -0.462 e. The third-order valence-corrected chi connectivity index (χ3v) is 5.93. The molecule has 0 unspecified atom stereocenters. The maximum absolute atomic E-state index is 12.9. The number of amides is 1. The van der Waals surface area contributed by atoms with Gasteiger partial charge in [0.05, 0.1) is 6.26 Å². The zero-order chi connectivity index (χ0) is 18.8. The van der Waals surface area contributed by atoms with Gasteiger partial charge >= 0.3 is 0 Å². The molecule has 6 heteroatoms. The van der Waals surface area contributed by atoms with E-state index in [0.717, 1.165) is 15.4 Å². The van der Waals surface area contributed by atoms with E-state index in [-0.39, 0.29) is 17.6 Å². The fraction of sp³-hybridized carbons (Fsp3) is 0.286. The van der Waals surface area contributed by atoms with Gasteiger partial charge in [0.1, 0.15) is 5.69 Å². The van der Waals surface area contributed by atoms with Crippen molar-refractivity contribution in [1.82, 2.24) is 9.88 Å². The third kappa shape index (κ3) is 3.57. The highest BCUT2D eigenvalue weighted by Crippen LogP contribution is 2.30. The van der Waals surface area contributed by atoms with Crippen molar-refractivity contribution < 1.29 is 14.0 Å². The van der Waals surface area contributed by atoms with Crippen LogP contribution in [0.1, 0.15) is 38.6 Å². The van der Waals surface area contributed by atoms with Gasteiger partial charge in [0.15, 0.2) is 16.6 Å². The molecule has 1 aliphatic rings. The van der Waals surface area contributed by atoms with Crippen LogP contribution >= 0.6 is 11.3 Å². The van der Waals surface area contributed by atoms with Crippen LogP contribution in [0.5, 0.6) is 0 Å². The molecule has 0 saturated carbocycles. The van der Waals surface area contributed by atoms with Crippen molar-refractivity contribution in [3.05, 3.63) is 64.9 Å². The van der Waals surface area contributed by atoms with Crippen LogP contribution in [-0.4, -0.2) is 34.7 Å². The number of thiazole rings is 1. The number of furan rings is 1. The molecule has 3 aromatic rings. The van der Waals surface area contributed by atoms with E-state index in [1.807, 2.05) is 54.3 Å². The molecule has 1 saturated heterocycles. The van der Waals surface area contributed by atoms with Crippen LogP contribution in [-0.2, 0) is 0 Å². The van der Waals surface area contributed by atoms with Crippen LogP contribution in [0, 0.1) is 12.8 Å². The Bertz CT molecular complexity index is 939. The molecule has 1 fully saturated rings. The van der Waals surface area contributed by atoms with Crippen molar-refractivity contribution in [2.24, 2.45) is 5.92 Å². The first-order valence-electron chi connectivity index (χ1n) is 9.03. The molecule has 0 bridgehead atoms. The summed E-state index contributed by atoms with van der Waals surface area (Å²) in [5.74, 6) is 0.765. The predicted molar refractivity (Wildman–Crippen MR) is 104 cm³/mol. The quantitative estimate of drug-likeness (QED) is 0.628. The number of ketones is 1. The van der Waals surface area contributed by atoms with Gasteiger partial charge in [-0.1, -0.05) is 30.3 Å². The Hall–Kier alpha value is -2.73. The summed E-state index contributed by atoms with van der Waals surface area (Å²) in [6.45, 7) is 3.06. The van der Waals surface area contributed by atoms with E-state index in [2.05, 4.69) is 4.98 Å². The number of carbonyl (C=O) groups excluding carboxylic acids is 2. The van der Waals surface area contributed by atoms with E-state index in [0.29, 0.717) is 37.4 Å². The molecule has 1 aromatic carbocycles. The monoisotopic (exact) mass is 380 g/mol. The van der Waals surface area contributed by atoms with Gasteiger partial charge in [0, 0.05) is 29.4 Å². The number of carbonyl (C=O) groups is 2. The predicted octanol–water partition coefficient (Wildman–Crippen LogP) is 4.45. The zero-order valence-corrected chi connectivity index (χ0v) is 15.9. The lowest BCUT2D eigenvalue weighted by atomic mass is 9.89. The van der Waals surface area contributed by atoms with Crippen LogP contribution < -0.4 is 0 Å². The molecular weight excluding hydrogens is 360 g/mol. The molecule has 0 atom stereocenters. The summed E-state index contributed by atoms with van der Waals surface area (Å²) < 4.78 is 5.38. The van der Waals surface area contributed by atoms with Crippen LogP contribution in [0.15, 0.2) is 53.1 Å². The van der Waals surface area contributed by atoms with Crippen molar-refractivity contribution in [2.45, 2.75) is 19.8 Å². The number of aryl methyl sites for hydroxylation is 1. The highest BCUT2D eigenvalue weighted by Gasteiger charge is 2.30. The normalized spacial score (nSPS) is 15.1. The van der Waals surface area contributed by atoms with E-state index in [1.165, 1.54) is 11.3 Å². The van der Waals surface area contributed by atoms with Crippen molar-refractivity contribution in [2.75, 3.05) is 13.1 Å².